The number of alkyl halides is 3. The Hall–Kier alpha value is -5.07. The number of hydrogen-bond acceptors (Lipinski definition) is 6. The van der Waals surface area contributed by atoms with Crippen LogP contribution >= 0.6 is 0 Å². The third kappa shape index (κ3) is 15.5. The van der Waals surface area contributed by atoms with Crippen molar-refractivity contribution in [2.45, 2.75) is 54.1 Å². The van der Waals surface area contributed by atoms with Crippen molar-refractivity contribution in [1.82, 2.24) is 39.1 Å². The summed E-state index contributed by atoms with van der Waals surface area (Å²) in [7, 11) is 2.84. The van der Waals surface area contributed by atoms with E-state index in [2.05, 4.69) is 116 Å². The first kappa shape index (κ1) is 60.0. The van der Waals surface area contributed by atoms with Gasteiger partial charge in [-0.1, -0.05) is 44.2 Å². The van der Waals surface area contributed by atoms with Gasteiger partial charge in [0.15, 0.2) is 0 Å². The standard InChI is InChI=1S/C17H15N2.C13H15N2O.C11H8F3N2O.C11H11N2.4Ir/c1-13-12-18-19(14(13)2)17-10-6-9-16(11-17)15-7-4-3-5-8-15;1-4-11-9-14-15(13(11)16-3)12-7-5-6-10(2)8-12;1-17-10-9(11(12,13)14)7-15-16(10)8-5-3-2-4-6-8;1-9-8-12-13(10(9)2)11-6-4-3-5-7-11;;;;/h3-9,11-12H,1-2H3;5-6,8-9H,4H2,1-3H3;2-5,7H,1H3;3-6,8H,1-2H3;;;;/q4*-1;;;;. The Balaban J connectivity index is 0.000000312. The zero-order chi connectivity index (χ0) is 46.5. The number of halogens is 3. The van der Waals surface area contributed by atoms with Gasteiger partial charge in [0.2, 0.25) is 11.8 Å². The van der Waals surface area contributed by atoms with E-state index < -0.39 is 11.7 Å². The van der Waals surface area contributed by atoms with Gasteiger partial charge in [-0.3, -0.25) is 9.36 Å². The molecule has 4 radical (unpaired) electrons. The molecule has 5 aromatic carbocycles. The minimum atomic E-state index is -4.49. The SMILES string of the molecule is CCc1cnn(-c2[c-]ccc(C)c2)c1OC.COc1c(C(F)(F)F)cnn1-c1[c-]cccc1.Cc1cnn(-c2[c-]ccc(-c3ccccc3)c2)c1C.Cc1cnn(-c2[c-]cccc2)c1C.[Ir].[Ir].[Ir].[Ir]. The van der Waals surface area contributed by atoms with Crippen molar-refractivity contribution < 1.29 is 103 Å². The number of methoxy groups -OCH3 is 2. The summed E-state index contributed by atoms with van der Waals surface area (Å²) >= 11 is 0. The Morgan fingerprint density at radius 2 is 0.957 bits per heavy atom. The maximum Gasteiger partial charge on any atom is 0.423 e. The molecule has 17 heteroatoms. The van der Waals surface area contributed by atoms with Gasteiger partial charge in [0.25, 0.3) is 0 Å². The van der Waals surface area contributed by atoms with Crippen molar-refractivity contribution in [1.29, 1.82) is 0 Å². The fourth-order valence-electron chi connectivity index (χ4n) is 6.47. The molecule has 0 aliphatic carbocycles. The van der Waals surface area contributed by atoms with Crippen LogP contribution in [0.4, 0.5) is 13.2 Å². The van der Waals surface area contributed by atoms with Crippen molar-refractivity contribution >= 4 is 0 Å². The van der Waals surface area contributed by atoms with Crippen LogP contribution in [0.15, 0.2) is 140 Å². The Kier molecular flexibility index (Phi) is 24.9. The number of benzene rings is 5. The maximum absolute atomic E-state index is 12.6. The van der Waals surface area contributed by atoms with Gasteiger partial charge in [0.05, 0.1) is 39.0 Å². The van der Waals surface area contributed by atoms with Crippen LogP contribution in [-0.2, 0) is 93.0 Å². The molecule has 0 atom stereocenters. The fourth-order valence-corrected chi connectivity index (χ4v) is 6.47. The van der Waals surface area contributed by atoms with E-state index in [1.165, 1.54) is 40.6 Å². The first-order chi connectivity index (χ1) is 31.3. The van der Waals surface area contributed by atoms with Crippen LogP contribution in [-0.4, -0.2) is 53.3 Å². The number of aromatic nitrogens is 8. The maximum atomic E-state index is 12.6. The van der Waals surface area contributed by atoms with Crippen molar-refractivity contribution in [3.05, 3.63) is 204 Å². The average Bonchev–Trinajstić information content (AvgIpc) is 4.13. The summed E-state index contributed by atoms with van der Waals surface area (Å²) in [5.74, 6) is 0.448. The number of aryl methyl sites for hydroxylation is 4. The predicted molar refractivity (Wildman–Crippen MR) is 246 cm³/mol. The molecule has 0 saturated heterocycles. The number of nitrogens with zero attached hydrogens (tertiary/aromatic N) is 8. The van der Waals surface area contributed by atoms with Gasteiger partial charge in [-0.25, -0.2) is 9.36 Å². The minimum Gasteiger partial charge on any atom is -0.481 e. The Morgan fingerprint density at radius 1 is 0.493 bits per heavy atom. The minimum absolute atomic E-state index is 0. The monoisotopic (exact) mass is 1650 g/mol. The van der Waals surface area contributed by atoms with E-state index in [1.807, 2.05) is 89.5 Å². The first-order valence-electron chi connectivity index (χ1n) is 20.7. The second-order valence-corrected chi connectivity index (χ2v) is 14.6. The summed E-state index contributed by atoms with van der Waals surface area (Å²) < 4.78 is 54.7. The molecule has 0 unspecified atom stereocenters. The molecule has 4 aromatic heterocycles. The second kappa shape index (κ2) is 28.6. The van der Waals surface area contributed by atoms with Gasteiger partial charge in [-0.2, -0.15) is 124 Å². The van der Waals surface area contributed by atoms with Gasteiger partial charge in [-0.05, 0) is 73.6 Å². The molecule has 370 valence electrons. The van der Waals surface area contributed by atoms with Crippen molar-refractivity contribution in [3.63, 3.8) is 0 Å². The van der Waals surface area contributed by atoms with Gasteiger partial charge >= 0.3 is 6.18 Å². The van der Waals surface area contributed by atoms with E-state index in [0.29, 0.717) is 5.69 Å². The van der Waals surface area contributed by atoms with Crippen LogP contribution < -0.4 is 9.47 Å². The quantitative estimate of drug-likeness (QED) is 0.141. The van der Waals surface area contributed by atoms with E-state index in [-0.39, 0.29) is 86.3 Å². The van der Waals surface area contributed by atoms with Crippen molar-refractivity contribution in [2.75, 3.05) is 14.2 Å². The summed E-state index contributed by atoms with van der Waals surface area (Å²) in [6.07, 6.45) is 2.76. The summed E-state index contributed by atoms with van der Waals surface area (Å²) in [5.41, 5.74) is 11.8. The molecule has 0 N–H and O–H groups in total. The van der Waals surface area contributed by atoms with Crippen LogP contribution in [0.2, 0.25) is 0 Å². The Labute approximate surface area is 456 Å². The number of hydrogen-bond donors (Lipinski definition) is 0. The normalized spacial score (nSPS) is 10.1. The first-order valence-corrected chi connectivity index (χ1v) is 20.7. The molecule has 0 saturated carbocycles. The molecular formula is C52H49F3Ir4N8O2-4. The molecule has 4 heterocycles. The second-order valence-electron chi connectivity index (χ2n) is 14.6. The molecule has 0 aliphatic rings. The van der Waals surface area contributed by atoms with Crippen molar-refractivity contribution in [3.8, 4) is 45.6 Å². The number of ether oxygens (including phenoxy) is 2. The smallest absolute Gasteiger partial charge is 0.423 e. The molecule has 0 amide bonds. The summed E-state index contributed by atoms with van der Waals surface area (Å²) in [6.45, 7) is 12.4. The third-order valence-electron chi connectivity index (χ3n) is 10.2. The summed E-state index contributed by atoms with van der Waals surface area (Å²) in [6, 6.07) is 49.2. The van der Waals surface area contributed by atoms with Crippen LogP contribution in [0.1, 0.15) is 46.1 Å². The molecule has 0 aliphatic heterocycles. The molecule has 10 nitrogen and oxygen atoms in total. The molecule has 9 aromatic rings. The van der Waals surface area contributed by atoms with Crippen LogP contribution in [0.5, 0.6) is 11.8 Å². The number of rotatable bonds is 8. The van der Waals surface area contributed by atoms with Gasteiger partial charge in [0.1, 0.15) is 5.56 Å². The van der Waals surface area contributed by atoms with Gasteiger partial charge < -0.3 is 9.47 Å². The summed E-state index contributed by atoms with van der Waals surface area (Å²) in [5, 5.41) is 16.7. The fraction of sp³-hybridized carbons (Fsp3) is 0.192. The van der Waals surface area contributed by atoms with Crippen LogP contribution in [0.3, 0.4) is 0 Å². The summed E-state index contributed by atoms with van der Waals surface area (Å²) in [4.78, 5) is 0. The van der Waals surface area contributed by atoms with Crippen LogP contribution in [0, 0.1) is 58.9 Å². The molecule has 0 fully saturated rings. The average molecular weight is 1640 g/mol. The van der Waals surface area contributed by atoms with E-state index in [9.17, 15) is 13.2 Å². The van der Waals surface area contributed by atoms with E-state index in [0.717, 1.165) is 51.5 Å². The predicted octanol–water partition coefficient (Wildman–Crippen LogP) is 11.5. The molecule has 0 spiro atoms. The molecule has 9 rings (SSSR count). The van der Waals surface area contributed by atoms with E-state index in [4.69, 9.17) is 9.47 Å². The zero-order valence-electron chi connectivity index (χ0n) is 38.8. The Morgan fingerprint density at radius 3 is 1.43 bits per heavy atom. The zero-order valence-corrected chi connectivity index (χ0v) is 48.4. The molecule has 0 bridgehead atoms. The van der Waals surface area contributed by atoms with Gasteiger partial charge in [-0.15, -0.1) is 29.8 Å². The van der Waals surface area contributed by atoms with E-state index in [1.54, 1.807) is 36.1 Å². The van der Waals surface area contributed by atoms with Crippen molar-refractivity contribution in [2.24, 2.45) is 0 Å². The van der Waals surface area contributed by atoms with Gasteiger partial charge in [0, 0.05) is 97.4 Å². The topological polar surface area (TPSA) is 89.7 Å². The number of para-hydroxylation sites is 2. The third-order valence-corrected chi connectivity index (χ3v) is 10.2. The largest absolute Gasteiger partial charge is 0.481 e. The van der Waals surface area contributed by atoms with E-state index >= 15 is 0 Å². The molecule has 69 heavy (non-hydrogen) atoms. The molecular weight excluding hydrogens is 1590 g/mol. The van der Waals surface area contributed by atoms with Crippen LogP contribution in [0.25, 0.3) is 33.9 Å². The Bertz CT molecular complexity index is 2900.